The van der Waals surface area contributed by atoms with Gasteiger partial charge < -0.3 is 25.0 Å². The minimum atomic E-state index is -1.26. The van der Waals surface area contributed by atoms with E-state index in [-0.39, 0.29) is 0 Å². The molecule has 2 saturated heterocycles. The molecule has 0 spiro atoms. The second kappa shape index (κ2) is 9.19. The Morgan fingerprint density at radius 1 is 1.00 bits per heavy atom. The van der Waals surface area contributed by atoms with Crippen LogP contribution in [0.15, 0.2) is 54.7 Å². The first kappa shape index (κ1) is 21.5. The lowest BCUT2D eigenvalue weighted by Crippen LogP contribution is -2.26. The van der Waals surface area contributed by atoms with Crippen LogP contribution in [0.25, 0.3) is 22.2 Å². The van der Waals surface area contributed by atoms with E-state index in [2.05, 4.69) is 74.6 Å². The molecule has 3 N–H and O–H groups in total. The summed E-state index contributed by atoms with van der Waals surface area (Å²) in [4.78, 5) is 21.5. The minimum Gasteiger partial charge on any atom is -0.478 e. The molecule has 3 aromatic rings. The zero-order valence-electron chi connectivity index (χ0n) is 17.7. The number of anilines is 1. The Morgan fingerprint density at radius 3 is 2.28 bits per heavy atom. The van der Waals surface area contributed by atoms with Crippen LogP contribution in [0.2, 0.25) is 0 Å². The number of aryl methyl sites for hydroxylation is 1. The minimum absolute atomic E-state index is 0.558. The summed E-state index contributed by atoms with van der Waals surface area (Å²) in [5, 5.41) is 29.3. The number of fused-ring (bicyclic) bond motifs is 2. The fraction of sp³-hybridized carbons (Fsp3) is 0.304. The first-order valence-electron chi connectivity index (χ1n) is 10.4. The third kappa shape index (κ3) is 4.78. The van der Waals surface area contributed by atoms with Crippen molar-refractivity contribution in [3.63, 3.8) is 0 Å². The molecular weight excluding hydrogens is 410 g/mol. The molecule has 4 heterocycles. The highest BCUT2D eigenvalue weighted by molar-refractivity contribution is 5.89. The molecule has 2 fully saturated rings. The van der Waals surface area contributed by atoms with E-state index >= 15 is 0 Å². The Balaban J connectivity index is 0.000000265. The number of carbonyl (C=O) groups is 2. The van der Waals surface area contributed by atoms with Gasteiger partial charge in [0.25, 0.3) is 0 Å². The number of aromatic nitrogens is 3. The van der Waals surface area contributed by atoms with Crippen LogP contribution in [0.1, 0.15) is 0 Å². The molecule has 5 rings (SSSR count). The van der Waals surface area contributed by atoms with E-state index in [0.717, 1.165) is 55.1 Å². The van der Waals surface area contributed by atoms with Gasteiger partial charge in [-0.15, -0.1) is 10.2 Å². The average Bonchev–Trinajstić information content (AvgIpc) is 3.48. The molecule has 0 bridgehead atoms. The average molecular weight is 435 g/mol. The van der Waals surface area contributed by atoms with Gasteiger partial charge in [0.2, 0.25) is 0 Å². The summed E-state index contributed by atoms with van der Waals surface area (Å²) in [6.07, 6.45) is 3.20. The molecule has 2 atom stereocenters. The van der Waals surface area contributed by atoms with Crippen molar-refractivity contribution in [1.82, 2.24) is 20.1 Å². The van der Waals surface area contributed by atoms with Gasteiger partial charge in [-0.3, -0.25) is 0 Å². The number of hydrogen-bond donors (Lipinski definition) is 3. The molecule has 9 heteroatoms. The molecule has 0 saturated carbocycles. The summed E-state index contributed by atoms with van der Waals surface area (Å²) in [5.41, 5.74) is 3.29. The summed E-state index contributed by atoms with van der Waals surface area (Å²) < 4.78 is 2.13. The van der Waals surface area contributed by atoms with Crippen molar-refractivity contribution in [3.8, 4) is 11.3 Å². The molecule has 0 aliphatic carbocycles. The first-order chi connectivity index (χ1) is 15.4. The number of carboxylic acid groups (broad SMARTS) is 2. The predicted octanol–water partition coefficient (Wildman–Crippen LogP) is 2.00. The maximum atomic E-state index is 9.55. The Bertz CT molecular complexity index is 1130. The Morgan fingerprint density at radius 2 is 1.69 bits per heavy atom. The van der Waals surface area contributed by atoms with E-state index in [0.29, 0.717) is 12.2 Å². The van der Waals surface area contributed by atoms with Gasteiger partial charge in [-0.25, -0.2) is 9.59 Å². The van der Waals surface area contributed by atoms with Crippen LogP contribution in [-0.4, -0.2) is 63.1 Å². The van der Waals surface area contributed by atoms with Crippen LogP contribution in [-0.2, 0) is 16.6 Å². The van der Waals surface area contributed by atoms with E-state index in [1.165, 1.54) is 10.9 Å². The normalized spacial score (nSPS) is 19.7. The van der Waals surface area contributed by atoms with Gasteiger partial charge >= 0.3 is 11.9 Å². The lowest BCUT2D eigenvalue weighted by molar-refractivity contribution is -0.134. The van der Waals surface area contributed by atoms with Crippen LogP contribution in [0.3, 0.4) is 0 Å². The van der Waals surface area contributed by atoms with Crippen LogP contribution >= 0.6 is 0 Å². The second-order valence-electron chi connectivity index (χ2n) is 8.07. The van der Waals surface area contributed by atoms with Gasteiger partial charge in [-0.05, 0) is 42.2 Å². The topological polar surface area (TPSA) is 121 Å². The van der Waals surface area contributed by atoms with E-state index < -0.39 is 11.9 Å². The standard InChI is InChI=1S/C19H21N5.C4H4O4/c1-23-7-6-14-8-13(2-4-18(14)23)17-3-5-19(22-21-17)24-11-15-9-20-10-16(15)12-24;5-3(6)1-2-4(7)8/h2-8,15-16,20H,9-12H2,1H3;1-2H,(H,5,6)(H,7,8)/b;2-1+. The zero-order valence-corrected chi connectivity index (χ0v) is 17.7. The fourth-order valence-corrected chi connectivity index (χ4v) is 4.27. The third-order valence-corrected chi connectivity index (χ3v) is 5.91. The number of rotatable bonds is 4. The van der Waals surface area contributed by atoms with Crippen molar-refractivity contribution in [2.75, 3.05) is 31.1 Å². The molecule has 2 aromatic heterocycles. The number of nitrogens with zero attached hydrogens (tertiary/aromatic N) is 4. The Kier molecular flexibility index (Phi) is 6.18. The maximum absolute atomic E-state index is 9.55. The lowest BCUT2D eigenvalue weighted by atomic mass is 10.0. The van der Waals surface area contributed by atoms with Crippen molar-refractivity contribution in [3.05, 3.63) is 54.7 Å². The van der Waals surface area contributed by atoms with Crippen molar-refractivity contribution >= 4 is 28.7 Å². The van der Waals surface area contributed by atoms with Crippen molar-refractivity contribution in [2.24, 2.45) is 18.9 Å². The smallest absolute Gasteiger partial charge is 0.328 e. The van der Waals surface area contributed by atoms with E-state index in [9.17, 15) is 9.59 Å². The molecule has 0 amide bonds. The number of nitrogens with one attached hydrogen (secondary N) is 1. The number of benzene rings is 1. The first-order valence-corrected chi connectivity index (χ1v) is 10.4. The van der Waals surface area contributed by atoms with Gasteiger partial charge in [-0.1, -0.05) is 6.07 Å². The quantitative estimate of drug-likeness (QED) is 0.532. The molecule has 166 valence electrons. The van der Waals surface area contributed by atoms with E-state index in [1.54, 1.807) is 0 Å². The van der Waals surface area contributed by atoms with Crippen LogP contribution in [0, 0.1) is 11.8 Å². The van der Waals surface area contributed by atoms with Crippen LogP contribution < -0.4 is 10.2 Å². The summed E-state index contributed by atoms with van der Waals surface area (Å²) in [6, 6.07) is 12.8. The van der Waals surface area contributed by atoms with Gasteiger partial charge in [-0.2, -0.15) is 0 Å². The lowest BCUT2D eigenvalue weighted by Gasteiger charge is -2.17. The largest absolute Gasteiger partial charge is 0.478 e. The van der Waals surface area contributed by atoms with Crippen molar-refractivity contribution in [2.45, 2.75) is 0 Å². The van der Waals surface area contributed by atoms with Gasteiger partial charge in [0.1, 0.15) is 0 Å². The fourth-order valence-electron chi connectivity index (χ4n) is 4.27. The molecule has 0 radical (unpaired) electrons. The molecule has 2 unspecified atom stereocenters. The third-order valence-electron chi connectivity index (χ3n) is 5.91. The molecule has 2 aliphatic heterocycles. The molecule has 9 nitrogen and oxygen atoms in total. The number of hydrogen-bond acceptors (Lipinski definition) is 6. The van der Waals surface area contributed by atoms with E-state index in [4.69, 9.17) is 10.2 Å². The number of aliphatic carboxylic acids is 2. The monoisotopic (exact) mass is 435 g/mol. The summed E-state index contributed by atoms with van der Waals surface area (Å²) >= 11 is 0. The zero-order chi connectivity index (χ0) is 22.7. The summed E-state index contributed by atoms with van der Waals surface area (Å²) in [6.45, 7) is 4.48. The molecular formula is C23H25N5O4. The van der Waals surface area contributed by atoms with Gasteiger partial charge in [0.05, 0.1) is 5.69 Å². The predicted molar refractivity (Wildman–Crippen MR) is 120 cm³/mol. The van der Waals surface area contributed by atoms with Gasteiger partial charge in [0.15, 0.2) is 5.82 Å². The molecule has 32 heavy (non-hydrogen) atoms. The highest BCUT2D eigenvalue weighted by Gasteiger charge is 2.36. The maximum Gasteiger partial charge on any atom is 0.328 e. The highest BCUT2D eigenvalue weighted by atomic mass is 16.4. The van der Waals surface area contributed by atoms with Crippen LogP contribution in [0.5, 0.6) is 0 Å². The van der Waals surface area contributed by atoms with Crippen LogP contribution in [0.4, 0.5) is 5.82 Å². The number of carboxylic acids is 2. The van der Waals surface area contributed by atoms with Gasteiger partial charge in [0, 0.05) is 68.0 Å². The van der Waals surface area contributed by atoms with Crippen molar-refractivity contribution in [1.29, 1.82) is 0 Å². The van der Waals surface area contributed by atoms with E-state index in [1.807, 2.05) is 0 Å². The van der Waals surface area contributed by atoms with Crippen molar-refractivity contribution < 1.29 is 19.8 Å². The Hall–Kier alpha value is -3.72. The second-order valence-corrected chi connectivity index (χ2v) is 8.07. The SMILES string of the molecule is Cn1ccc2cc(-c3ccc(N4CC5CNCC5C4)nn3)ccc21.O=C(O)/C=C/C(=O)O. The summed E-state index contributed by atoms with van der Waals surface area (Å²) in [7, 11) is 2.07. The molecule has 1 aromatic carbocycles. The highest BCUT2D eigenvalue weighted by Crippen LogP contribution is 2.30. The molecule has 2 aliphatic rings. The Labute approximate surface area is 185 Å². The summed E-state index contributed by atoms with van der Waals surface area (Å²) in [5.74, 6) is 0.0349.